The average Bonchev–Trinajstić information content (AvgIpc) is 3.21. The second-order valence-electron chi connectivity index (χ2n) is 7.85. The first-order chi connectivity index (χ1) is 12.0. The number of nitrogens with zero attached hydrogens (tertiary/aromatic N) is 1. The fourth-order valence-corrected chi connectivity index (χ4v) is 6.58. The zero-order chi connectivity index (χ0) is 17.5. The molecule has 1 aromatic rings. The third-order valence-electron chi connectivity index (χ3n) is 6.46. The minimum atomic E-state index is -3.43. The Morgan fingerprint density at radius 2 is 2.00 bits per heavy atom. The summed E-state index contributed by atoms with van der Waals surface area (Å²) in [6.07, 6.45) is 5.26. The van der Waals surface area contributed by atoms with Gasteiger partial charge in [0.1, 0.15) is 0 Å². The van der Waals surface area contributed by atoms with E-state index in [0.717, 1.165) is 45.2 Å². The van der Waals surface area contributed by atoms with Crippen molar-refractivity contribution >= 4 is 10.0 Å². The summed E-state index contributed by atoms with van der Waals surface area (Å²) in [7, 11) is -1.71. The summed E-state index contributed by atoms with van der Waals surface area (Å²) in [4.78, 5) is 0.468. The SMILES string of the molecule is COCC1CN(S(=O)(=O)c2ccc3c(c2)CCC3)CC12CCNCC2. The average molecular weight is 365 g/mol. The maximum Gasteiger partial charge on any atom is 0.243 e. The van der Waals surface area contributed by atoms with E-state index in [9.17, 15) is 8.42 Å². The Morgan fingerprint density at radius 1 is 1.24 bits per heavy atom. The van der Waals surface area contributed by atoms with Gasteiger partial charge < -0.3 is 10.1 Å². The van der Waals surface area contributed by atoms with Gasteiger partial charge in [0.15, 0.2) is 0 Å². The maximum absolute atomic E-state index is 13.3. The molecular formula is C19H28N2O3S. The lowest BCUT2D eigenvalue weighted by Gasteiger charge is -2.38. The third-order valence-corrected chi connectivity index (χ3v) is 8.26. The van der Waals surface area contributed by atoms with Crippen molar-refractivity contribution in [2.45, 2.75) is 37.0 Å². The summed E-state index contributed by atoms with van der Waals surface area (Å²) >= 11 is 0. The quantitative estimate of drug-likeness (QED) is 0.885. The number of aryl methyl sites for hydroxylation is 2. The van der Waals surface area contributed by atoms with E-state index in [0.29, 0.717) is 24.6 Å². The molecule has 6 heteroatoms. The van der Waals surface area contributed by atoms with Crippen LogP contribution in [-0.4, -0.2) is 52.6 Å². The second-order valence-corrected chi connectivity index (χ2v) is 9.78. The summed E-state index contributed by atoms with van der Waals surface area (Å²) in [6, 6.07) is 5.73. The van der Waals surface area contributed by atoms with Gasteiger partial charge in [-0.05, 0) is 73.9 Å². The van der Waals surface area contributed by atoms with E-state index in [-0.39, 0.29) is 11.3 Å². The minimum Gasteiger partial charge on any atom is -0.384 e. The molecule has 4 rings (SSSR count). The molecule has 0 amide bonds. The highest BCUT2D eigenvalue weighted by atomic mass is 32.2. The van der Waals surface area contributed by atoms with Crippen molar-refractivity contribution < 1.29 is 13.2 Å². The lowest BCUT2D eigenvalue weighted by atomic mass is 9.71. The summed E-state index contributed by atoms with van der Waals surface area (Å²) in [5, 5.41) is 3.40. The van der Waals surface area contributed by atoms with Crippen LogP contribution in [0.1, 0.15) is 30.4 Å². The monoisotopic (exact) mass is 364 g/mol. The van der Waals surface area contributed by atoms with Crippen LogP contribution in [0.2, 0.25) is 0 Å². The molecule has 1 aromatic carbocycles. The van der Waals surface area contributed by atoms with Gasteiger partial charge in [-0.25, -0.2) is 8.42 Å². The van der Waals surface area contributed by atoms with E-state index in [2.05, 4.69) is 5.32 Å². The second kappa shape index (κ2) is 6.65. The molecule has 25 heavy (non-hydrogen) atoms. The lowest BCUT2D eigenvalue weighted by molar-refractivity contribution is 0.0718. The molecule has 1 N–H and O–H groups in total. The lowest BCUT2D eigenvalue weighted by Crippen LogP contribution is -2.43. The topological polar surface area (TPSA) is 58.6 Å². The molecule has 2 saturated heterocycles. The van der Waals surface area contributed by atoms with Gasteiger partial charge >= 0.3 is 0 Å². The molecule has 1 spiro atoms. The van der Waals surface area contributed by atoms with Gasteiger partial charge in [-0.3, -0.25) is 0 Å². The van der Waals surface area contributed by atoms with Crippen molar-refractivity contribution in [3.05, 3.63) is 29.3 Å². The summed E-state index contributed by atoms with van der Waals surface area (Å²) < 4.78 is 33.7. The Hall–Kier alpha value is -0.950. The number of nitrogens with one attached hydrogen (secondary N) is 1. The fourth-order valence-electron chi connectivity index (χ4n) is 4.95. The molecule has 1 atom stereocenters. The van der Waals surface area contributed by atoms with Crippen LogP contribution in [-0.2, 0) is 27.6 Å². The zero-order valence-corrected chi connectivity index (χ0v) is 15.8. The molecule has 0 aromatic heterocycles. The fraction of sp³-hybridized carbons (Fsp3) is 0.684. The van der Waals surface area contributed by atoms with Gasteiger partial charge in [0.05, 0.1) is 11.5 Å². The van der Waals surface area contributed by atoms with Crippen LogP contribution in [0.4, 0.5) is 0 Å². The van der Waals surface area contributed by atoms with Crippen molar-refractivity contribution in [2.75, 3.05) is 39.9 Å². The predicted octanol–water partition coefficient (Wildman–Crippen LogP) is 1.81. The number of hydrogen-bond donors (Lipinski definition) is 1. The first kappa shape index (κ1) is 17.5. The van der Waals surface area contributed by atoms with Crippen molar-refractivity contribution in [2.24, 2.45) is 11.3 Å². The van der Waals surface area contributed by atoms with Crippen molar-refractivity contribution in [1.82, 2.24) is 9.62 Å². The van der Waals surface area contributed by atoms with Gasteiger partial charge in [-0.15, -0.1) is 0 Å². The molecule has 3 aliphatic rings. The van der Waals surface area contributed by atoms with Crippen LogP contribution < -0.4 is 5.32 Å². The molecule has 5 nitrogen and oxygen atoms in total. The summed E-state index contributed by atoms with van der Waals surface area (Å²) in [5.74, 6) is 0.281. The summed E-state index contributed by atoms with van der Waals surface area (Å²) in [6.45, 7) is 3.77. The van der Waals surface area contributed by atoms with E-state index < -0.39 is 10.0 Å². The number of ether oxygens (including phenoxy) is 1. The van der Waals surface area contributed by atoms with E-state index in [1.807, 2.05) is 12.1 Å². The van der Waals surface area contributed by atoms with Gasteiger partial charge in [-0.2, -0.15) is 4.31 Å². The molecule has 1 aliphatic carbocycles. The Labute approximate surface area is 150 Å². The minimum absolute atomic E-state index is 0.0606. The number of methoxy groups -OCH3 is 1. The maximum atomic E-state index is 13.3. The number of benzene rings is 1. The zero-order valence-electron chi connectivity index (χ0n) is 15.0. The molecule has 2 fully saturated rings. The molecular weight excluding hydrogens is 336 g/mol. The van der Waals surface area contributed by atoms with Crippen molar-refractivity contribution in [1.29, 1.82) is 0 Å². The van der Waals surface area contributed by atoms with E-state index in [1.165, 1.54) is 11.1 Å². The number of rotatable bonds is 4. The first-order valence-corrected chi connectivity index (χ1v) is 10.8. The highest BCUT2D eigenvalue weighted by molar-refractivity contribution is 7.89. The first-order valence-electron chi connectivity index (χ1n) is 9.37. The summed E-state index contributed by atoms with van der Waals surface area (Å²) in [5.41, 5.74) is 2.59. The van der Waals surface area contributed by atoms with Gasteiger partial charge in [0.25, 0.3) is 0 Å². The van der Waals surface area contributed by atoms with Crippen molar-refractivity contribution in [3.8, 4) is 0 Å². The van der Waals surface area contributed by atoms with Gasteiger partial charge in [0, 0.05) is 26.1 Å². The van der Waals surface area contributed by atoms with Crippen LogP contribution in [0.3, 0.4) is 0 Å². The number of sulfonamides is 1. The largest absolute Gasteiger partial charge is 0.384 e. The number of piperidine rings is 1. The Kier molecular flexibility index (Phi) is 4.65. The van der Waals surface area contributed by atoms with Crippen molar-refractivity contribution in [3.63, 3.8) is 0 Å². The van der Waals surface area contributed by atoms with Crippen LogP contribution in [0.15, 0.2) is 23.1 Å². The van der Waals surface area contributed by atoms with Crippen LogP contribution in [0.25, 0.3) is 0 Å². The number of fused-ring (bicyclic) bond motifs is 1. The molecule has 1 unspecified atom stereocenters. The molecule has 2 aliphatic heterocycles. The third kappa shape index (κ3) is 3.03. The Bertz CT molecular complexity index is 741. The highest BCUT2D eigenvalue weighted by Gasteiger charge is 2.50. The standard InChI is InChI=1S/C19H28N2O3S/c1-24-13-17-12-21(14-19(17)7-9-20-10-8-19)25(22,23)18-6-5-15-3-2-4-16(15)11-18/h5-6,11,17,20H,2-4,7-10,12-14H2,1H3. The van der Waals surface area contributed by atoms with Crippen LogP contribution >= 0.6 is 0 Å². The predicted molar refractivity (Wildman–Crippen MR) is 97.1 cm³/mol. The normalized spacial score (nSPS) is 26.2. The van der Waals surface area contributed by atoms with E-state index in [4.69, 9.17) is 4.74 Å². The molecule has 0 saturated carbocycles. The molecule has 138 valence electrons. The Balaban J connectivity index is 1.62. The smallest absolute Gasteiger partial charge is 0.243 e. The van der Waals surface area contributed by atoms with Gasteiger partial charge in [-0.1, -0.05) is 6.07 Å². The Morgan fingerprint density at radius 3 is 2.76 bits per heavy atom. The highest BCUT2D eigenvalue weighted by Crippen LogP contribution is 2.45. The number of hydrogen-bond acceptors (Lipinski definition) is 4. The van der Waals surface area contributed by atoms with E-state index >= 15 is 0 Å². The van der Waals surface area contributed by atoms with Crippen LogP contribution in [0.5, 0.6) is 0 Å². The molecule has 0 bridgehead atoms. The van der Waals surface area contributed by atoms with E-state index in [1.54, 1.807) is 17.5 Å². The molecule has 0 radical (unpaired) electrons. The molecule has 2 heterocycles. The van der Waals surface area contributed by atoms with Gasteiger partial charge in [0.2, 0.25) is 10.0 Å². The van der Waals surface area contributed by atoms with Crippen LogP contribution in [0, 0.1) is 11.3 Å².